The quantitative estimate of drug-likeness (QED) is 0.850. The monoisotopic (exact) mass is 296 g/mol. The summed E-state index contributed by atoms with van der Waals surface area (Å²) in [5, 5.41) is 13.2. The molecule has 22 heavy (non-hydrogen) atoms. The number of likely N-dealkylation sites (tertiary alicyclic amines) is 1. The zero-order chi connectivity index (χ0) is 15.4. The van der Waals surface area contributed by atoms with Crippen molar-refractivity contribution in [2.24, 2.45) is 7.05 Å². The summed E-state index contributed by atoms with van der Waals surface area (Å²) in [5.74, 6) is 0.760. The number of benzene rings is 1. The van der Waals surface area contributed by atoms with Crippen LogP contribution < -0.4 is 4.74 Å². The molecule has 1 aliphatic heterocycles. The molecular weight excluding hydrogens is 276 g/mol. The molecule has 2 aromatic rings. The second-order valence-corrected chi connectivity index (χ2v) is 5.63. The van der Waals surface area contributed by atoms with Gasteiger partial charge < -0.3 is 4.74 Å². The van der Waals surface area contributed by atoms with Crippen LogP contribution in [0.4, 0.5) is 0 Å². The van der Waals surface area contributed by atoms with Crippen LogP contribution in [0.3, 0.4) is 0 Å². The third-order valence-electron chi connectivity index (χ3n) is 4.08. The molecule has 1 fully saturated rings. The molecule has 1 saturated heterocycles. The van der Waals surface area contributed by atoms with Crippen molar-refractivity contribution in [1.82, 2.24) is 14.7 Å². The van der Waals surface area contributed by atoms with E-state index >= 15 is 0 Å². The lowest BCUT2D eigenvalue weighted by Gasteiger charge is -2.23. The highest BCUT2D eigenvalue weighted by Gasteiger charge is 2.26. The Morgan fingerprint density at radius 1 is 1.45 bits per heavy atom. The molecule has 0 N–H and O–H groups in total. The largest absolute Gasteiger partial charge is 0.492 e. The molecule has 1 atom stereocenters. The predicted molar refractivity (Wildman–Crippen MR) is 83.4 cm³/mol. The van der Waals surface area contributed by atoms with E-state index in [1.54, 1.807) is 12.1 Å². The van der Waals surface area contributed by atoms with Crippen LogP contribution in [0.1, 0.15) is 30.0 Å². The number of hydrogen-bond donors (Lipinski definition) is 0. The highest BCUT2D eigenvalue weighted by Crippen LogP contribution is 2.31. The average Bonchev–Trinajstić information content (AvgIpc) is 3.16. The molecule has 0 aliphatic carbocycles. The lowest BCUT2D eigenvalue weighted by atomic mass is 10.1. The van der Waals surface area contributed by atoms with Gasteiger partial charge >= 0.3 is 0 Å². The fourth-order valence-corrected chi connectivity index (χ4v) is 3.02. The summed E-state index contributed by atoms with van der Waals surface area (Å²) < 4.78 is 7.64. The molecule has 0 radical (unpaired) electrons. The minimum Gasteiger partial charge on any atom is -0.492 e. The van der Waals surface area contributed by atoms with Crippen molar-refractivity contribution in [3.05, 3.63) is 47.8 Å². The van der Waals surface area contributed by atoms with Gasteiger partial charge in [0.25, 0.3) is 0 Å². The Morgan fingerprint density at radius 2 is 2.36 bits per heavy atom. The maximum Gasteiger partial charge on any atom is 0.120 e. The summed E-state index contributed by atoms with van der Waals surface area (Å²) in [7, 11) is 1.95. The first-order valence-corrected chi connectivity index (χ1v) is 7.62. The third-order valence-corrected chi connectivity index (χ3v) is 4.08. The van der Waals surface area contributed by atoms with E-state index < -0.39 is 0 Å². The van der Waals surface area contributed by atoms with Crippen molar-refractivity contribution in [1.29, 1.82) is 5.26 Å². The topological polar surface area (TPSA) is 54.1 Å². The Hall–Kier alpha value is -2.32. The number of rotatable bonds is 5. The van der Waals surface area contributed by atoms with Crippen molar-refractivity contribution < 1.29 is 4.74 Å². The molecule has 5 heteroatoms. The lowest BCUT2D eigenvalue weighted by Crippen LogP contribution is -2.28. The van der Waals surface area contributed by atoms with Gasteiger partial charge in [0.15, 0.2) is 0 Å². The average molecular weight is 296 g/mol. The Bertz CT molecular complexity index is 673. The SMILES string of the molecule is Cn1cc([C@H]2CCCN2CCOc2cccc(C#N)c2)cn1. The van der Waals surface area contributed by atoms with Crippen molar-refractivity contribution in [3.8, 4) is 11.8 Å². The number of aryl methyl sites for hydroxylation is 1. The molecule has 0 bridgehead atoms. The first-order valence-electron chi connectivity index (χ1n) is 7.62. The van der Waals surface area contributed by atoms with Crippen LogP contribution in [0.25, 0.3) is 0 Å². The predicted octanol–water partition coefficient (Wildman–Crippen LogP) is 2.51. The summed E-state index contributed by atoms with van der Waals surface area (Å²) in [6.45, 7) is 2.61. The van der Waals surface area contributed by atoms with E-state index in [-0.39, 0.29) is 0 Å². The van der Waals surface area contributed by atoms with Crippen molar-refractivity contribution in [2.45, 2.75) is 18.9 Å². The summed E-state index contributed by atoms with van der Waals surface area (Å²) in [4.78, 5) is 2.45. The minimum absolute atomic E-state index is 0.447. The van der Waals surface area contributed by atoms with Crippen LogP contribution in [0.2, 0.25) is 0 Å². The fourth-order valence-electron chi connectivity index (χ4n) is 3.02. The molecule has 0 saturated carbocycles. The maximum absolute atomic E-state index is 8.90. The fraction of sp³-hybridized carbons (Fsp3) is 0.412. The molecule has 114 valence electrons. The smallest absolute Gasteiger partial charge is 0.120 e. The van der Waals surface area contributed by atoms with Crippen LogP contribution in [0.5, 0.6) is 5.75 Å². The summed E-state index contributed by atoms with van der Waals surface area (Å²) >= 11 is 0. The molecule has 0 spiro atoms. The van der Waals surface area contributed by atoms with Crippen molar-refractivity contribution in [3.63, 3.8) is 0 Å². The van der Waals surface area contributed by atoms with Crippen molar-refractivity contribution >= 4 is 0 Å². The van der Waals surface area contributed by atoms with E-state index in [1.165, 1.54) is 18.4 Å². The summed E-state index contributed by atoms with van der Waals surface area (Å²) in [6.07, 6.45) is 6.44. The standard InChI is InChI=1S/C17H20N4O/c1-20-13-15(12-19-20)17-6-3-7-21(17)8-9-22-16-5-2-4-14(10-16)11-18/h2,4-5,10,12-13,17H,3,6-9H2,1H3/t17-/m1/s1. The van der Waals surface area contributed by atoms with Crippen LogP contribution in [-0.4, -0.2) is 34.4 Å². The second kappa shape index (κ2) is 6.63. The van der Waals surface area contributed by atoms with E-state index in [4.69, 9.17) is 10.00 Å². The minimum atomic E-state index is 0.447. The second-order valence-electron chi connectivity index (χ2n) is 5.63. The Kier molecular flexibility index (Phi) is 4.40. The van der Waals surface area contributed by atoms with Crippen LogP contribution in [0.15, 0.2) is 36.7 Å². The normalized spacial score (nSPS) is 18.3. The van der Waals surface area contributed by atoms with Gasteiger partial charge in [-0.3, -0.25) is 9.58 Å². The maximum atomic E-state index is 8.90. The number of hydrogen-bond acceptors (Lipinski definition) is 4. The molecule has 1 aromatic heterocycles. The molecule has 3 rings (SSSR count). The third kappa shape index (κ3) is 3.29. The van der Waals surface area contributed by atoms with Gasteiger partial charge in [-0.2, -0.15) is 10.4 Å². The van der Waals surface area contributed by atoms with Gasteiger partial charge in [-0.1, -0.05) is 6.07 Å². The Labute approximate surface area is 130 Å². The van der Waals surface area contributed by atoms with Gasteiger partial charge in [-0.15, -0.1) is 0 Å². The summed E-state index contributed by atoms with van der Waals surface area (Å²) in [6, 6.07) is 9.88. The van der Waals surface area contributed by atoms with Crippen LogP contribution in [0, 0.1) is 11.3 Å². The highest BCUT2D eigenvalue weighted by atomic mass is 16.5. The van der Waals surface area contributed by atoms with E-state index in [1.807, 2.05) is 30.1 Å². The first-order chi connectivity index (χ1) is 10.8. The molecular formula is C17H20N4O. The zero-order valence-electron chi connectivity index (χ0n) is 12.8. The highest BCUT2D eigenvalue weighted by molar-refractivity contribution is 5.36. The molecule has 0 amide bonds. The number of aromatic nitrogens is 2. The van der Waals surface area contributed by atoms with E-state index in [9.17, 15) is 0 Å². The molecule has 1 aromatic carbocycles. The molecule has 0 unspecified atom stereocenters. The van der Waals surface area contributed by atoms with Gasteiger partial charge in [-0.25, -0.2) is 0 Å². The molecule has 5 nitrogen and oxygen atoms in total. The molecule has 1 aliphatic rings. The number of ether oxygens (including phenoxy) is 1. The van der Waals surface area contributed by atoms with Crippen LogP contribution >= 0.6 is 0 Å². The summed E-state index contributed by atoms with van der Waals surface area (Å²) in [5.41, 5.74) is 1.92. The lowest BCUT2D eigenvalue weighted by molar-refractivity contribution is 0.197. The number of nitrogens with zero attached hydrogens (tertiary/aromatic N) is 4. The number of nitriles is 1. The Balaban J connectivity index is 1.55. The van der Waals surface area contributed by atoms with Gasteiger partial charge in [0, 0.05) is 31.4 Å². The van der Waals surface area contributed by atoms with E-state index in [0.29, 0.717) is 18.2 Å². The van der Waals surface area contributed by atoms with Crippen molar-refractivity contribution in [2.75, 3.05) is 19.7 Å². The van der Waals surface area contributed by atoms with Gasteiger partial charge in [0.05, 0.1) is 17.8 Å². The van der Waals surface area contributed by atoms with Gasteiger partial charge in [-0.05, 0) is 37.6 Å². The first kappa shape index (κ1) is 14.6. The molecule has 2 heterocycles. The zero-order valence-corrected chi connectivity index (χ0v) is 12.8. The van der Waals surface area contributed by atoms with Crippen LogP contribution in [-0.2, 0) is 7.05 Å². The van der Waals surface area contributed by atoms with E-state index in [2.05, 4.69) is 22.3 Å². The van der Waals surface area contributed by atoms with Gasteiger partial charge in [0.2, 0.25) is 0 Å². The Morgan fingerprint density at radius 3 is 3.14 bits per heavy atom. The van der Waals surface area contributed by atoms with E-state index in [0.717, 1.165) is 18.8 Å². The van der Waals surface area contributed by atoms with Gasteiger partial charge in [0.1, 0.15) is 12.4 Å².